The number of allylic oxidation sites excluding steroid dienone is 1. The molecule has 5 aromatic rings. The van der Waals surface area contributed by atoms with Gasteiger partial charge in [0.05, 0.1) is 27.9 Å². The molecule has 2 aromatic heterocycles. The lowest BCUT2D eigenvalue weighted by atomic mass is 10.0. The summed E-state index contributed by atoms with van der Waals surface area (Å²) >= 11 is 9.39. The lowest BCUT2D eigenvalue weighted by Gasteiger charge is -2.24. The minimum atomic E-state index is -0.617. The summed E-state index contributed by atoms with van der Waals surface area (Å²) in [6.07, 6.45) is 1.76. The minimum Gasteiger partial charge on any atom is -0.493 e. The molecule has 6 rings (SSSR count). The van der Waals surface area contributed by atoms with Gasteiger partial charge in [-0.25, -0.2) is 4.99 Å². The van der Waals surface area contributed by atoms with E-state index in [1.54, 1.807) is 36.8 Å². The van der Waals surface area contributed by atoms with Crippen LogP contribution in [-0.2, 0) is 11.4 Å². The van der Waals surface area contributed by atoms with Gasteiger partial charge < -0.3 is 14.8 Å². The van der Waals surface area contributed by atoms with Crippen LogP contribution in [0.15, 0.2) is 111 Å². The van der Waals surface area contributed by atoms with E-state index in [-0.39, 0.29) is 11.5 Å². The first-order valence-electron chi connectivity index (χ1n) is 13.4. The normalized spacial score (nSPS) is 14.7. The summed E-state index contributed by atoms with van der Waals surface area (Å²) in [5, 5.41) is 5.26. The molecule has 3 heterocycles. The van der Waals surface area contributed by atoms with Gasteiger partial charge in [0.2, 0.25) is 0 Å². The molecule has 7 nitrogen and oxygen atoms in total. The van der Waals surface area contributed by atoms with Crippen molar-refractivity contribution in [1.82, 2.24) is 4.57 Å². The standard InChI is InChI=1S/C33H26ClN3O4S2/c1-20-28(31(38)36-23-12-7-4-8-13-23)29(26-14-9-15-42-26)37-32(39)27(43-33(37)35-20)18-22-16-24(34)30(25(17-22)40-2)41-19-21-10-5-3-6-11-21/h3-18,29H,19H2,1-2H3,(H,36,38)/b27-18-/t29-/m0/s1. The number of halogens is 1. The average Bonchev–Trinajstić information content (AvgIpc) is 3.65. The number of nitrogens with one attached hydrogen (secondary N) is 1. The van der Waals surface area contributed by atoms with Crippen LogP contribution in [0.5, 0.6) is 11.5 Å². The maximum absolute atomic E-state index is 14.0. The molecule has 1 aliphatic rings. The molecule has 216 valence electrons. The molecule has 1 N–H and O–H groups in total. The van der Waals surface area contributed by atoms with Crippen LogP contribution in [0.25, 0.3) is 6.08 Å². The van der Waals surface area contributed by atoms with Crippen LogP contribution in [-0.4, -0.2) is 17.6 Å². The van der Waals surface area contributed by atoms with Crippen LogP contribution in [0.4, 0.5) is 5.69 Å². The molecule has 1 amide bonds. The van der Waals surface area contributed by atoms with Crippen molar-refractivity contribution in [2.24, 2.45) is 4.99 Å². The highest BCUT2D eigenvalue weighted by molar-refractivity contribution is 7.10. The highest BCUT2D eigenvalue weighted by atomic mass is 35.5. The van der Waals surface area contributed by atoms with Gasteiger partial charge >= 0.3 is 0 Å². The number of hydrogen-bond donors (Lipinski definition) is 1. The monoisotopic (exact) mass is 627 g/mol. The number of hydrogen-bond acceptors (Lipinski definition) is 7. The number of thiazole rings is 1. The van der Waals surface area contributed by atoms with Crippen molar-refractivity contribution in [1.29, 1.82) is 0 Å². The first kappa shape index (κ1) is 28.7. The first-order chi connectivity index (χ1) is 20.9. The molecule has 0 unspecified atom stereocenters. The van der Waals surface area contributed by atoms with Gasteiger partial charge in [-0.05, 0) is 59.8 Å². The Bertz CT molecular complexity index is 2000. The first-order valence-corrected chi connectivity index (χ1v) is 15.5. The number of aromatic nitrogens is 1. The van der Waals surface area contributed by atoms with E-state index in [0.717, 1.165) is 10.4 Å². The number of ether oxygens (including phenoxy) is 2. The van der Waals surface area contributed by atoms with Gasteiger partial charge in [0.15, 0.2) is 16.3 Å². The molecule has 10 heteroatoms. The van der Waals surface area contributed by atoms with Gasteiger partial charge in [-0.15, -0.1) is 11.3 Å². The van der Waals surface area contributed by atoms with Gasteiger partial charge in [-0.3, -0.25) is 14.2 Å². The zero-order valence-electron chi connectivity index (χ0n) is 23.2. The molecule has 0 saturated carbocycles. The molecule has 0 saturated heterocycles. The molecule has 1 aliphatic heterocycles. The van der Waals surface area contributed by atoms with E-state index in [9.17, 15) is 9.59 Å². The zero-order chi connectivity index (χ0) is 29.9. The summed E-state index contributed by atoms with van der Waals surface area (Å²) in [6.45, 7) is 2.13. The molecule has 3 aromatic carbocycles. The zero-order valence-corrected chi connectivity index (χ0v) is 25.6. The molecule has 0 aliphatic carbocycles. The molecule has 43 heavy (non-hydrogen) atoms. The number of methoxy groups -OCH3 is 1. The second-order valence-electron chi connectivity index (χ2n) is 9.73. The maximum Gasteiger partial charge on any atom is 0.271 e. The van der Waals surface area contributed by atoms with Crippen molar-refractivity contribution in [3.63, 3.8) is 0 Å². The van der Waals surface area contributed by atoms with E-state index in [0.29, 0.717) is 55.0 Å². The number of nitrogens with zero attached hydrogens (tertiary/aromatic N) is 2. The summed E-state index contributed by atoms with van der Waals surface area (Å²) in [4.78, 5) is 33.7. The fraction of sp³-hybridized carbons (Fsp3) is 0.121. The molecule has 0 spiro atoms. The van der Waals surface area contributed by atoms with Crippen LogP contribution in [0, 0.1) is 0 Å². The van der Waals surface area contributed by atoms with Crippen LogP contribution in [0.3, 0.4) is 0 Å². The molecule has 0 radical (unpaired) electrons. The number of fused-ring (bicyclic) bond motifs is 1. The van der Waals surface area contributed by atoms with Crippen molar-refractivity contribution >= 4 is 51.9 Å². The largest absolute Gasteiger partial charge is 0.493 e. The van der Waals surface area contributed by atoms with E-state index in [2.05, 4.69) is 5.32 Å². The van der Waals surface area contributed by atoms with E-state index < -0.39 is 6.04 Å². The van der Waals surface area contributed by atoms with Gasteiger partial charge in [0.1, 0.15) is 12.6 Å². The van der Waals surface area contributed by atoms with Crippen LogP contribution >= 0.6 is 34.3 Å². The van der Waals surface area contributed by atoms with Gasteiger partial charge in [0, 0.05) is 10.6 Å². The highest BCUT2D eigenvalue weighted by Crippen LogP contribution is 2.37. The van der Waals surface area contributed by atoms with Crippen molar-refractivity contribution in [3.05, 3.63) is 142 Å². The molecule has 0 bridgehead atoms. The Morgan fingerprint density at radius 3 is 2.51 bits per heavy atom. The second-order valence-corrected chi connectivity index (χ2v) is 12.1. The minimum absolute atomic E-state index is 0.251. The molecule has 1 atom stereocenters. The van der Waals surface area contributed by atoms with Crippen molar-refractivity contribution in [2.45, 2.75) is 19.6 Å². The summed E-state index contributed by atoms with van der Waals surface area (Å²) in [5.41, 5.74) is 3.07. The topological polar surface area (TPSA) is 81.9 Å². The predicted molar refractivity (Wildman–Crippen MR) is 172 cm³/mol. The second kappa shape index (κ2) is 12.4. The quantitative estimate of drug-likeness (QED) is 0.223. The number of anilines is 1. The number of thiophene rings is 1. The third-order valence-corrected chi connectivity index (χ3v) is 9.07. The Labute approximate surface area is 260 Å². The lowest BCUT2D eigenvalue weighted by Crippen LogP contribution is -2.40. The number of rotatable bonds is 8. The Hall–Kier alpha value is -4.44. The summed E-state index contributed by atoms with van der Waals surface area (Å²) in [5.74, 6) is 0.575. The summed E-state index contributed by atoms with van der Waals surface area (Å²) in [7, 11) is 1.55. The molecule has 0 fully saturated rings. The Morgan fingerprint density at radius 2 is 1.81 bits per heavy atom. The number of carbonyl (C=O) groups excluding carboxylic acids is 1. The maximum atomic E-state index is 14.0. The fourth-order valence-corrected chi connectivity index (χ4v) is 7.04. The lowest BCUT2D eigenvalue weighted by molar-refractivity contribution is -0.113. The van der Waals surface area contributed by atoms with Gasteiger partial charge in [-0.1, -0.05) is 77.5 Å². The number of amides is 1. The fourth-order valence-electron chi connectivity index (χ4n) is 4.89. The van der Waals surface area contributed by atoms with Crippen LogP contribution in [0.2, 0.25) is 5.02 Å². The highest BCUT2D eigenvalue weighted by Gasteiger charge is 2.33. The van der Waals surface area contributed by atoms with E-state index in [1.165, 1.54) is 22.7 Å². The molecular weight excluding hydrogens is 602 g/mol. The van der Waals surface area contributed by atoms with E-state index >= 15 is 0 Å². The van der Waals surface area contributed by atoms with Crippen molar-refractivity contribution in [3.8, 4) is 11.5 Å². The molecular formula is C33H26ClN3O4S2. The Kier molecular flexibility index (Phi) is 8.29. The SMILES string of the molecule is COc1cc(/C=c2\sc3n(c2=O)[C@@H](c2cccs2)C(C(=O)Nc2ccccc2)=C(C)N=3)cc(Cl)c1OCc1ccccc1. The predicted octanol–water partition coefficient (Wildman–Crippen LogP) is 6.18. The smallest absolute Gasteiger partial charge is 0.271 e. The van der Waals surface area contributed by atoms with Crippen LogP contribution in [0.1, 0.15) is 29.0 Å². The third kappa shape index (κ3) is 5.92. The Balaban J connectivity index is 1.38. The van der Waals surface area contributed by atoms with Crippen molar-refractivity contribution < 1.29 is 14.3 Å². The third-order valence-electron chi connectivity index (χ3n) is 6.89. The number of benzene rings is 3. The van der Waals surface area contributed by atoms with Crippen LogP contribution < -0.4 is 29.7 Å². The summed E-state index contributed by atoms with van der Waals surface area (Å²) in [6, 6.07) is 25.7. The number of para-hydroxylation sites is 1. The van der Waals surface area contributed by atoms with E-state index in [4.69, 9.17) is 26.1 Å². The summed E-state index contributed by atoms with van der Waals surface area (Å²) < 4.78 is 13.6. The van der Waals surface area contributed by atoms with E-state index in [1.807, 2.05) is 78.2 Å². The number of carbonyl (C=O) groups is 1. The van der Waals surface area contributed by atoms with Gasteiger partial charge in [0.25, 0.3) is 11.5 Å². The Morgan fingerprint density at radius 1 is 1.07 bits per heavy atom. The average molecular weight is 628 g/mol. The van der Waals surface area contributed by atoms with Gasteiger partial charge in [-0.2, -0.15) is 0 Å². The van der Waals surface area contributed by atoms with Crippen molar-refractivity contribution in [2.75, 3.05) is 12.4 Å².